The Balaban J connectivity index is 3.43. The van der Waals surface area contributed by atoms with Gasteiger partial charge in [0, 0.05) is 6.42 Å². The first-order valence-corrected chi connectivity index (χ1v) is 5.82. The molecular formula is C13H24O. The first kappa shape index (κ1) is 13.4. The predicted octanol–water partition coefficient (Wildman–Crippen LogP) is 4.13. The summed E-state index contributed by atoms with van der Waals surface area (Å²) in [5.41, 5.74) is 0. The Bertz CT molecular complexity index is 161. The van der Waals surface area contributed by atoms with E-state index < -0.39 is 0 Å². The van der Waals surface area contributed by atoms with Crippen LogP contribution in [0.25, 0.3) is 0 Å². The number of hydrogen-bond donors (Lipinski definition) is 0. The highest BCUT2D eigenvalue weighted by molar-refractivity contribution is 5.75. The first-order chi connectivity index (χ1) is 6.70. The Morgan fingerprint density at radius 1 is 1.29 bits per heavy atom. The molecule has 0 bridgehead atoms. The van der Waals surface area contributed by atoms with Crippen molar-refractivity contribution in [2.45, 2.75) is 58.8 Å². The molecule has 0 radical (unpaired) electrons. The van der Waals surface area contributed by atoms with Gasteiger partial charge in [0.1, 0.15) is 5.78 Å². The van der Waals surface area contributed by atoms with Gasteiger partial charge in [-0.25, -0.2) is 0 Å². The minimum absolute atomic E-state index is 0.281. The summed E-state index contributed by atoms with van der Waals surface area (Å²) in [7, 11) is 0. The number of carbonyl (C=O) groups excluding carboxylic acids is 1. The molecule has 0 aliphatic rings. The minimum atomic E-state index is 0.281. The van der Waals surface area contributed by atoms with E-state index >= 15 is 0 Å². The van der Waals surface area contributed by atoms with E-state index in [1.165, 1.54) is 32.1 Å². The van der Waals surface area contributed by atoms with Gasteiger partial charge in [-0.05, 0) is 19.3 Å². The van der Waals surface area contributed by atoms with Crippen molar-refractivity contribution in [2.24, 2.45) is 5.92 Å². The number of allylic oxidation sites excluding steroid dienone is 1. The van der Waals surface area contributed by atoms with E-state index in [9.17, 15) is 4.79 Å². The SMILES string of the molecule is C=CC(CCCCCCC)CC(C)=O. The third-order valence-electron chi connectivity index (χ3n) is 2.56. The van der Waals surface area contributed by atoms with Gasteiger partial charge in [-0.15, -0.1) is 6.58 Å². The molecule has 0 rings (SSSR count). The second-order valence-corrected chi connectivity index (χ2v) is 4.10. The molecule has 0 saturated carbocycles. The van der Waals surface area contributed by atoms with Crippen molar-refractivity contribution in [1.82, 2.24) is 0 Å². The number of unbranched alkanes of at least 4 members (excludes halogenated alkanes) is 4. The number of ketones is 1. The Kier molecular flexibility index (Phi) is 8.61. The zero-order valence-corrected chi connectivity index (χ0v) is 9.72. The number of carbonyl (C=O) groups is 1. The Morgan fingerprint density at radius 3 is 2.43 bits per heavy atom. The molecule has 0 aromatic carbocycles. The topological polar surface area (TPSA) is 17.1 Å². The van der Waals surface area contributed by atoms with Gasteiger partial charge in [0.2, 0.25) is 0 Å². The molecule has 0 aliphatic carbocycles. The van der Waals surface area contributed by atoms with Crippen LogP contribution in [0, 0.1) is 5.92 Å². The van der Waals surface area contributed by atoms with Crippen LogP contribution < -0.4 is 0 Å². The van der Waals surface area contributed by atoms with Gasteiger partial charge in [-0.1, -0.05) is 45.1 Å². The molecule has 0 saturated heterocycles. The van der Waals surface area contributed by atoms with Crippen LogP contribution in [0.2, 0.25) is 0 Å². The lowest BCUT2D eigenvalue weighted by molar-refractivity contribution is -0.117. The van der Waals surface area contributed by atoms with Gasteiger partial charge in [0.25, 0.3) is 0 Å². The van der Waals surface area contributed by atoms with Crippen molar-refractivity contribution in [3.8, 4) is 0 Å². The molecule has 1 nitrogen and oxygen atoms in total. The average Bonchev–Trinajstić information content (AvgIpc) is 2.15. The first-order valence-electron chi connectivity index (χ1n) is 5.82. The fourth-order valence-corrected chi connectivity index (χ4v) is 1.68. The highest BCUT2D eigenvalue weighted by Crippen LogP contribution is 2.15. The third-order valence-corrected chi connectivity index (χ3v) is 2.56. The molecule has 0 amide bonds. The molecule has 1 atom stereocenters. The van der Waals surface area contributed by atoms with Crippen molar-refractivity contribution in [2.75, 3.05) is 0 Å². The highest BCUT2D eigenvalue weighted by atomic mass is 16.1. The lowest BCUT2D eigenvalue weighted by Crippen LogP contribution is -2.02. The lowest BCUT2D eigenvalue weighted by Gasteiger charge is -2.09. The van der Waals surface area contributed by atoms with E-state index in [1.54, 1.807) is 6.92 Å². The van der Waals surface area contributed by atoms with Crippen LogP contribution in [0.3, 0.4) is 0 Å². The largest absolute Gasteiger partial charge is 0.300 e. The van der Waals surface area contributed by atoms with Crippen molar-refractivity contribution in [3.05, 3.63) is 12.7 Å². The van der Waals surface area contributed by atoms with Gasteiger partial charge < -0.3 is 4.79 Å². The molecule has 0 aromatic rings. The second-order valence-electron chi connectivity index (χ2n) is 4.10. The molecule has 0 aliphatic heterocycles. The van der Waals surface area contributed by atoms with E-state index in [0.29, 0.717) is 12.3 Å². The number of hydrogen-bond acceptors (Lipinski definition) is 1. The Morgan fingerprint density at radius 2 is 1.93 bits per heavy atom. The van der Waals surface area contributed by atoms with Crippen LogP contribution >= 0.6 is 0 Å². The lowest BCUT2D eigenvalue weighted by atomic mass is 9.96. The van der Waals surface area contributed by atoms with E-state index in [-0.39, 0.29) is 5.78 Å². The zero-order chi connectivity index (χ0) is 10.8. The standard InChI is InChI=1S/C13H24O/c1-4-6-7-8-9-10-13(5-2)11-12(3)14/h5,13H,2,4,6-11H2,1,3H3. The van der Waals surface area contributed by atoms with E-state index in [4.69, 9.17) is 0 Å². The summed E-state index contributed by atoms with van der Waals surface area (Å²) in [5.74, 6) is 0.692. The van der Waals surface area contributed by atoms with Crippen LogP contribution in [0.1, 0.15) is 58.8 Å². The normalized spacial score (nSPS) is 12.4. The molecule has 1 heteroatoms. The van der Waals surface area contributed by atoms with Crippen molar-refractivity contribution in [1.29, 1.82) is 0 Å². The van der Waals surface area contributed by atoms with Gasteiger partial charge in [-0.2, -0.15) is 0 Å². The molecule has 0 fully saturated rings. The van der Waals surface area contributed by atoms with E-state index in [0.717, 1.165) is 6.42 Å². The minimum Gasteiger partial charge on any atom is -0.300 e. The molecule has 0 N–H and O–H groups in total. The highest BCUT2D eigenvalue weighted by Gasteiger charge is 2.06. The van der Waals surface area contributed by atoms with Crippen LogP contribution in [-0.2, 0) is 4.79 Å². The summed E-state index contributed by atoms with van der Waals surface area (Å²) in [6, 6.07) is 0. The van der Waals surface area contributed by atoms with Gasteiger partial charge >= 0.3 is 0 Å². The zero-order valence-electron chi connectivity index (χ0n) is 9.72. The summed E-state index contributed by atoms with van der Waals surface area (Å²) in [6.45, 7) is 7.66. The molecule has 82 valence electrons. The third kappa shape index (κ3) is 8.03. The van der Waals surface area contributed by atoms with Crippen molar-refractivity contribution >= 4 is 5.78 Å². The van der Waals surface area contributed by atoms with Gasteiger partial charge in [-0.3, -0.25) is 0 Å². The number of rotatable bonds is 9. The monoisotopic (exact) mass is 196 g/mol. The number of Topliss-reactive ketones (excluding diaryl/α,β-unsaturated/α-hetero) is 1. The summed E-state index contributed by atoms with van der Waals surface area (Å²) >= 11 is 0. The molecule has 0 aromatic heterocycles. The fourth-order valence-electron chi connectivity index (χ4n) is 1.68. The summed E-state index contributed by atoms with van der Waals surface area (Å²) in [5, 5.41) is 0. The van der Waals surface area contributed by atoms with Crippen LogP contribution in [0.5, 0.6) is 0 Å². The Hall–Kier alpha value is -0.590. The maximum Gasteiger partial charge on any atom is 0.130 e. The quantitative estimate of drug-likeness (QED) is 0.400. The van der Waals surface area contributed by atoms with E-state index in [2.05, 4.69) is 13.5 Å². The smallest absolute Gasteiger partial charge is 0.130 e. The summed E-state index contributed by atoms with van der Waals surface area (Å²) in [4.78, 5) is 10.9. The second kappa shape index (κ2) is 8.98. The van der Waals surface area contributed by atoms with Crippen LogP contribution in [0.15, 0.2) is 12.7 Å². The molecular weight excluding hydrogens is 172 g/mol. The predicted molar refractivity (Wildman–Crippen MR) is 62.4 cm³/mol. The Labute approximate surface area is 88.6 Å². The van der Waals surface area contributed by atoms with Crippen LogP contribution in [-0.4, -0.2) is 5.78 Å². The van der Waals surface area contributed by atoms with E-state index in [1.807, 2.05) is 6.08 Å². The fraction of sp³-hybridized carbons (Fsp3) is 0.769. The van der Waals surface area contributed by atoms with Gasteiger partial charge in [0.15, 0.2) is 0 Å². The maximum absolute atomic E-state index is 10.9. The maximum atomic E-state index is 10.9. The summed E-state index contributed by atoms with van der Waals surface area (Å²) < 4.78 is 0. The molecule has 14 heavy (non-hydrogen) atoms. The molecule has 1 unspecified atom stereocenters. The summed E-state index contributed by atoms with van der Waals surface area (Å²) in [6.07, 6.45) is 10.2. The average molecular weight is 196 g/mol. The molecule has 0 spiro atoms. The van der Waals surface area contributed by atoms with Crippen molar-refractivity contribution in [3.63, 3.8) is 0 Å². The van der Waals surface area contributed by atoms with Crippen LogP contribution in [0.4, 0.5) is 0 Å². The van der Waals surface area contributed by atoms with Crippen molar-refractivity contribution < 1.29 is 4.79 Å². The van der Waals surface area contributed by atoms with Gasteiger partial charge in [0.05, 0.1) is 0 Å². The molecule has 0 heterocycles.